The molecule has 1 amide bonds. The summed E-state index contributed by atoms with van der Waals surface area (Å²) in [5.41, 5.74) is 7.19. The number of aromatic nitrogens is 3. The third kappa shape index (κ3) is 5.78. The van der Waals surface area contributed by atoms with Crippen LogP contribution in [0.2, 0.25) is 5.02 Å². The number of rotatable bonds is 6. The summed E-state index contributed by atoms with van der Waals surface area (Å²) >= 11 is 7.84. The van der Waals surface area contributed by atoms with Gasteiger partial charge in [0.15, 0.2) is 0 Å². The number of amides is 1. The summed E-state index contributed by atoms with van der Waals surface area (Å²) in [6.45, 7) is 10.9. The lowest BCUT2D eigenvalue weighted by atomic mass is 9.93. The van der Waals surface area contributed by atoms with Gasteiger partial charge in [0.2, 0.25) is 0 Å². The normalized spacial score (nSPS) is 13.8. The van der Waals surface area contributed by atoms with E-state index in [0.717, 1.165) is 59.6 Å². The number of carbonyl (C=O) groups excluding carboxylic acids is 2. The van der Waals surface area contributed by atoms with Gasteiger partial charge in [-0.05, 0) is 87.7 Å². The number of carbonyl (C=O) groups is 2. The Labute approximate surface area is 265 Å². The molecule has 8 nitrogen and oxygen atoms in total. The summed E-state index contributed by atoms with van der Waals surface area (Å²) < 4.78 is 13.8. The maximum Gasteiger partial charge on any atom is 0.410 e. The molecule has 10 heteroatoms. The van der Waals surface area contributed by atoms with Gasteiger partial charge in [-0.25, -0.2) is 9.78 Å². The first kappa shape index (κ1) is 30.1. The van der Waals surface area contributed by atoms with Crippen molar-refractivity contribution in [2.24, 2.45) is 7.05 Å². The van der Waals surface area contributed by atoms with Crippen LogP contribution in [0.3, 0.4) is 0 Å². The van der Waals surface area contributed by atoms with E-state index in [1.807, 2.05) is 70.6 Å². The first-order valence-corrected chi connectivity index (χ1v) is 15.9. The second kappa shape index (κ2) is 11.5. The third-order valence-electron chi connectivity index (χ3n) is 7.82. The maximum absolute atomic E-state index is 12.6. The van der Waals surface area contributed by atoms with Gasteiger partial charge < -0.3 is 14.4 Å². The van der Waals surface area contributed by atoms with Crippen LogP contribution >= 0.6 is 22.9 Å². The molecule has 2 aromatic heterocycles. The van der Waals surface area contributed by atoms with Gasteiger partial charge in [-0.1, -0.05) is 23.7 Å². The highest BCUT2D eigenvalue weighted by molar-refractivity contribution is 7.22. The predicted molar refractivity (Wildman–Crippen MR) is 175 cm³/mol. The number of ether oxygens (including phenoxy) is 2. The van der Waals surface area contributed by atoms with Gasteiger partial charge in [0.05, 0.1) is 34.5 Å². The number of halogens is 1. The molecule has 44 heavy (non-hydrogen) atoms. The Bertz CT molecular complexity index is 1900. The minimum atomic E-state index is -0.530. The standard InChI is InChI=1S/C34H35ClN4O4S/c1-7-42-28(40)16-24-19(2)14-26-31(29(24)20-8-11-23(35)12-9-20)44-32(36-26)21-10-13-27-25(15-21)30(37-38(27)6)22-17-39(18-22)33(41)43-34(3,4)5/h8-15,22H,7,16-18H2,1-6H3. The van der Waals surface area contributed by atoms with Crippen molar-refractivity contribution in [2.75, 3.05) is 19.7 Å². The van der Waals surface area contributed by atoms with Crippen LogP contribution in [0, 0.1) is 6.92 Å². The van der Waals surface area contributed by atoms with Crippen molar-refractivity contribution in [2.45, 2.75) is 52.6 Å². The van der Waals surface area contributed by atoms with E-state index in [4.69, 9.17) is 31.2 Å². The van der Waals surface area contributed by atoms with E-state index in [2.05, 4.69) is 24.3 Å². The van der Waals surface area contributed by atoms with Crippen LogP contribution in [-0.2, 0) is 27.7 Å². The number of hydrogen-bond donors (Lipinski definition) is 0. The Hall–Kier alpha value is -3.95. The molecule has 0 atom stereocenters. The number of esters is 1. The molecule has 228 valence electrons. The SMILES string of the molecule is CCOC(=O)Cc1c(C)cc2nc(-c3ccc4c(c3)c(C3CN(C(=O)OC(C)(C)C)C3)nn4C)sc2c1-c1ccc(Cl)cc1. The van der Waals surface area contributed by atoms with Gasteiger partial charge >= 0.3 is 12.1 Å². The molecule has 1 aliphatic rings. The van der Waals surface area contributed by atoms with Gasteiger partial charge in [-0.15, -0.1) is 11.3 Å². The smallest absolute Gasteiger partial charge is 0.410 e. The van der Waals surface area contributed by atoms with Crippen LogP contribution in [0.25, 0.3) is 42.8 Å². The van der Waals surface area contributed by atoms with Gasteiger partial charge in [-0.3, -0.25) is 9.48 Å². The molecule has 1 saturated heterocycles. The first-order chi connectivity index (χ1) is 20.9. The maximum atomic E-state index is 12.6. The quantitative estimate of drug-likeness (QED) is 0.177. The van der Waals surface area contributed by atoms with E-state index < -0.39 is 5.60 Å². The lowest BCUT2D eigenvalue weighted by Gasteiger charge is -2.39. The predicted octanol–water partition coefficient (Wildman–Crippen LogP) is 7.92. The van der Waals surface area contributed by atoms with Crippen molar-refractivity contribution in [3.05, 3.63) is 70.4 Å². The van der Waals surface area contributed by atoms with Gasteiger partial charge in [-0.2, -0.15) is 5.10 Å². The molecule has 0 unspecified atom stereocenters. The molecule has 3 aromatic carbocycles. The fraction of sp³-hybridized carbons (Fsp3) is 0.353. The molecule has 0 aliphatic carbocycles. The molecule has 0 N–H and O–H groups in total. The topological polar surface area (TPSA) is 86.6 Å². The van der Waals surface area contributed by atoms with Crippen LogP contribution in [0.15, 0.2) is 48.5 Å². The van der Waals surface area contributed by atoms with Crippen molar-refractivity contribution in [3.8, 4) is 21.7 Å². The van der Waals surface area contributed by atoms with Crippen molar-refractivity contribution >= 4 is 56.1 Å². The second-order valence-electron chi connectivity index (χ2n) is 12.2. The fourth-order valence-electron chi connectivity index (χ4n) is 5.72. The Balaban J connectivity index is 1.39. The molecule has 0 bridgehead atoms. The van der Waals surface area contributed by atoms with Gasteiger partial charge in [0.25, 0.3) is 0 Å². The number of aryl methyl sites for hydroxylation is 2. The number of hydrogen-bond acceptors (Lipinski definition) is 7. The molecule has 0 radical (unpaired) electrons. The van der Waals surface area contributed by atoms with Gasteiger partial charge in [0, 0.05) is 47.6 Å². The molecule has 5 aromatic rings. The van der Waals surface area contributed by atoms with E-state index in [0.29, 0.717) is 24.7 Å². The zero-order valence-corrected chi connectivity index (χ0v) is 27.3. The highest BCUT2D eigenvalue weighted by Gasteiger charge is 2.37. The summed E-state index contributed by atoms with van der Waals surface area (Å²) in [6, 6.07) is 16.1. The summed E-state index contributed by atoms with van der Waals surface area (Å²) in [6.07, 6.45) is -0.119. The minimum absolute atomic E-state index is 0.126. The molecule has 3 heterocycles. The highest BCUT2D eigenvalue weighted by Crippen LogP contribution is 2.42. The minimum Gasteiger partial charge on any atom is -0.466 e. The Morgan fingerprint density at radius 1 is 1.07 bits per heavy atom. The van der Waals surface area contributed by atoms with Crippen LogP contribution < -0.4 is 0 Å². The van der Waals surface area contributed by atoms with Crippen molar-refractivity contribution in [3.63, 3.8) is 0 Å². The van der Waals surface area contributed by atoms with E-state index in [1.165, 1.54) is 0 Å². The number of nitrogens with zero attached hydrogens (tertiary/aromatic N) is 4. The lowest BCUT2D eigenvalue weighted by molar-refractivity contribution is -0.142. The van der Waals surface area contributed by atoms with Crippen LogP contribution in [0.5, 0.6) is 0 Å². The lowest BCUT2D eigenvalue weighted by Crippen LogP contribution is -2.50. The van der Waals surface area contributed by atoms with Gasteiger partial charge in [0.1, 0.15) is 10.6 Å². The monoisotopic (exact) mass is 630 g/mol. The Morgan fingerprint density at radius 2 is 1.77 bits per heavy atom. The average molecular weight is 631 g/mol. The molecular weight excluding hydrogens is 596 g/mol. The first-order valence-electron chi connectivity index (χ1n) is 14.7. The van der Waals surface area contributed by atoms with E-state index in [1.54, 1.807) is 16.2 Å². The van der Waals surface area contributed by atoms with Crippen molar-refractivity contribution in [1.82, 2.24) is 19.7 Å². The van der Waals surface area contributed by atoms with Crippen LogP contribution in [0.4, 0.5) is 4.79 Å². The second-order valence-corrected chi connectivity index (χ2v) is 13.7. The summed E-state index contributed by atoms with van der Waals surface area (Å²) in [4.78, 5) is 32.0. The molecule has 6 rings (SSSR count). The molecule has 0 saturated carbocycles. The summed E-state index contributed by atoms with van der Waals surface area (Å²) in [5.74, 6) is -0.132. The average Bonchev–Trinajstić information content (AvgIpc) is 3.48. The number of benzene rings is 3. The third-order valence-corrected chi connectivity index (χ3v) is 9.21. The Morgan fingerprint density at radius 3 is 2.45 bits per heavy atom. The van der Waals surface area contributed by atoms with E-state index in [9.17, 15) is 9.59 Å². The molecule has 1 aliphatic heterocycles. The van der Waals surface area contributed by atoms with E-state index in [-0.39, 0.29) is 24.4 Å². The van der Waals surface area contributed by atoms with Crippen molar-refractivity contribution < 1.29 is 19.1 Å². The summed E-state index contributed by atoms with van der Waals surface area (Å²) in [7, 11) is 1.94. The van der Waals surface area contributed by atoms with Crippen molar-refractivity contribution in [1.29, 1.82) is 0 Å². The number of thiazole rings is 1. The molecule has 0 spiro atoms. The largest absolute Gasteiger partial charge is 0.466 e. The zero-order valence-electron chi connectivity index (χ0n) is 25.7. The highest BCUT2D eigenvalue weighted by atomic mass is 35.5. The Kier molecular flexibility index (Phi) is 7.88. The van der Waals surface area contributed by atoms with E-state index >= 15 is 0 Å². The molecular formula is C34H35ClN4O4S. The fourth-order valence-corrected chi connectivity index (χ4v) is 6.98. The van der Waals surface area contributed by atoms with Crippen LogP contribution in [-0.4, -0.2) is 57.0 Å². The van der Waals surface area contributed by atoms with Crippen LogP contribution in [0.1, 0.15) is 50.4 Å². The summed E-state index contributed by atoms with van der Waals surface area (Å²) in [5, 5.41) is 7.43. The number of likely N-dealkylation sites (tertiary alicyclic amines) is 1. The number of fused-ring (bicyclic) bond motifs is 2. The zero-order chi connectivity index (χ0) is 31.3. The molecule has 1 fully saturated rings.